The lowest BCUT2D eigenvalue weighted by atomic mass is 9.96. The predicted molar refractivity (Wildman–Crippen MR) is 78.8 cm³/mol. The lowest BCUT2D eigenvalue weighted by Crippen LogP contribution is -2.47. The molecule has 116 valence electrons. The van der Waals surface area contributed by atoms with Gasteiger partial charge >= 0.3 is 0 Å². The van der Waals surface area contributed by atoms with Crippen LogP contribution < -0.4 is 4.72 Å². The van der Waals surface area contributed by atoms with Crippen LogP contribution in [0.5, 0.6) is 0 Å². The van der Waals surface area contributed by atoms with E-state index in [1.807, 2.05) is 4.90 Å². The van der Waals surface area contributed by atoms with Crippen molar-refractivity contribution in [3.05, 3.63) is 0 Å². The van der Waals surface area contributed by atoms with Crippen LogP contribution in [0, 0.1) is 5.92 Å². The number of carbonyl (C=O) groups excluding carboxylic acids is 1. The summed E-state index contributed by atoms with van der Waals surface area (Å²) in [4.78, 5) is 14.6. The number of hydrogen-bond acceptors (Lipinski definition) is 3. The van der Waals surface area contributed by atoms with Crippen molar-refractivity contribution in [2.75, 3.05) is 19.3 Å². The molecule has 0 aromatic carbocycles. The molecule has 1 unspecified atom stereocenters. The van der Waals surface area contributed by atoms with Gasteiger partial charge in [0.2, 0.25) is 15.9 Å². The predicted octanol–water partition coefficient (Wildman–Crippen LogP) is 1.50. The maximum absolute atomic E-state index is 12.6. The quantitative estimate of drug-likeness (QED) is 0.837. The van der Waals surface area contributed by atoms with E-state index < -0.39 is 10.0 Å². The molecule has 20 heavy (non-hydrogen) atoms. The second-order valence-electron chi connectivity index (χ2n) is 6.12. The van der Waals surface area contributed by atoms with Crippen LogP contribution in [-0.2, 0) is 14.8 Å². The van der Waals surface area contributed by atoms with Gasteiger partial charge in [-0.05, 0) is 38.5 Å². The Morgan fingerprint density at radius 1 is 1.15 bits per heavy atom. The number of carbonyl (C=O) groups is 1. The van der Waals surface area contributed by atoms with Crippen LogP contribution in [0.4, 0.5) is 0 Å². The molecule has 0 spiro atoms. The summed E-state index contributed by atoms with van der Waals surface area (Å²) in [7, 11) is -3.13. The van der Waals surface area contributed by atoms with Crippen molar-refractivity contribution in [2.45, 2.75) is 57.4 Å². The molecular formula is C14H26N2O3S. The Morgan fingerprint density at radius 3 is 2.45 bits per heavy atom. The van der Waals surface area contributed by atoms with Crippen LogP contribution in [0.25, 0.3) is 0 Å². The first-order valence-corrected chi connectivity index (χ1v) is 9.61. The number of amides is 1. The van der Waals surface area contributed by atoms with Gasteiger partial charge in [0.25, 0.3) is 0 Å². The van der Waals surface area contributed by atoms with Crippen LogP contribution in [0.1, 0.15) is 51.4 Å². The highest BCUT2D eigenvalue weighted by atomic mass is 32.2. The summed E-state index contributed by atoms with van der Waals surface area (Å²) in [6, 6.07) is 0.214. The van der Waals surface area contributed by atoms with E-state index in [-0.39, 0.29) is 12.0 Å². The Hall–Kier alpha value is -0.620. The van der Waals surface area contributed by atoms with Crippen molar-refractivity contribution in [3.8, 4) is 0 Å². The van der Waals surface area contributed by atoms with Gasteiger partial charge in [0, 0.05) is 25.0 Å². The molecule has 5 nitrogen and oxygen atoms in total. The lowest BCUT2D eigenvalue weighted by molar-refractivity contribution is -0.139. The van der Waals surface area contributed by atoms with Gasteiger partial charge in [-0.3, -0.25) is 4.79 Å². The third-order valence-corrected chi connectivity index (χ3v) is 5.18. The largest absolute Gasteiger partial charge is 0.339 e. The van der Waals surface area contributed by atoms with Crippen LogP contribution >= 0.6 is 0 Å². The number of hydrogen-bond donors (Lipinski definition) is 1. The van der Waals surface area contributed by atoms with E-state index in [2.05, 4.69) is 4.72 Å². The summed E-state index contributed by atoms with van der Waals surface area (Å²) in [5, 5.41) is 0. The fourth-order valence-electron chi connectivity index (χ4n) is 3.41. The van der Waals surface area contributed by atoms with Gasteiger partial charge in [-0.15, -0.1) is 0 Å². The molecule has 1 heterocycles. The second-order valence-corrected chi connectivity index (χ2v) is 7.95. The van der Waals surface area contributed by atoms with E-state index in [9.17, 15) is 13.2 Å². The van der Waals surface area contributed by atoms with Crippen LogP contribution in [0.3, 0.4) is 0 Å². The molecule has 2 aliphatic rings. The number of piperidine rings is 1. The highest BCUT2D eigenvalue weighted by Crippen LogP contribution is 2.29. The smallest absolute Gasteiger partial charge is 0.225 e. The van der Waals surface area contributed by atoms with Crippen molar-refractivity contribution < 1.29 is 13.2 Å². The zero-order valence-electron chi connectivity index (χ0n) is 12.3. The van der Waals surface area contributed by atoms with Gasteiger partial charge in [0.1, 0.15) is 0 Å². The van der Waals surface area contributed by atoms with Gasteiger partial charge in [-0.2, -0.15) is 0 Å². The summed E-state index contributed by atoms with van der Waals surface area (Å²) in [6.07, 6.45) is 9.53. The molecule has 1 N–H and O–H groups in total. The summed E-state index contributed by atoms with van der Waals surface area (Å²) in [6.45, 7) is 1.27. The number of nitrogens with zero attached hydrogens (tertiary/aromatic N) is 1. The fraction of sp³-hybridized carbons (Fsp3) is 0.929. The number of likely N-dealkylation sites (tertiary alicyclic amines) is 1. The molecule has 0 aromatic heterocycles. The highest BCUT2D eigenvalue weighted by molar-refractivity contribution is 7.88. The lowest BCUT2D eigenvalue weighted by Gasteiger charge is -2.37. The fourth-order valence-corrected chi connectivity index (χ4v) is 3.90. The summed E-state index contributed by atoms with van der Waals surface area (Å²) in [5.74, 6) is 0.532. The molecule has 6 heteroatoms. The average molecular weight is 302 g/mol. The zero-order chi connectivity index (χ0) is 14.6. The van der Waals surface area contributed by atoms with Gasteiger partial charge in [0.05, 0.1) is 6.26 Å². The molecule has 2 rings (SSSR count). The third kappa shape index (κ3) is 4.45. The van der Waals surface area contributed by atoms with E-state index in [1.165, 1.54) is 19.1 Å². The van der Waals surface area contributed by atoms with Crippen molar-refractivity contribution in [1.82, 2.24) is 9.62 Å². The Bertz CT molecular complexity index is 430. The van der Waals surface area contributed by atoms with E-state index in [4.69, 9.17) is 0 Å². The van der Waals surface area contributed by atoms with Crippen molar-refractivity contribution >= 4 is 15.9 Å². The first-order valence-electron chi connectivity index (χ1n) is 7.72. The van der Waals surface area contributed by atoms with E-state index in [0.29, 0.717) is 12.5 Å². The Kier molecular flexibility index (Phi) is 5.43. The standard InChI is InChI=1S/C14H26N2O3S/c1-20(18,19)15-10-9-13-8-4-5-11-16(13)14(17)12-6-2-3-7-12/h12-13,15H,2-11H2,1H3. The molecule has 1 saturated carbocycles. The Morgan fingerprint density at radius 2 is 1.80 bits per heavy atom. The number of rotatable bonds is 5. The molecule has 0 radical (unpaired) electrons. The third-order valence-electron chi connectivity index (χ3n) is 4.46. The van der Waals surface area contributed by atoms with E-state index in [0.717, 1.165) is 45.1 Å². The average Bonchev–Trinajstić information content (AvgIpc) is 2.91. The van der Waals surface area contributed by atoms with Crippen LogP contribution in [-0.4, -0.2) is 44.6 Å². The first kappa shape index (κ1) is 15.8. The van der Waals surface area contributed by atoms with Crippen molar-refractivity contribution in [3.63, 3.8) is 0 Å². The minimum Gasteiger partial charge on any atom is -0.339 e. The van der Waals surface area contributed by atoms with Gasteiger partial charge in [0.15, 0.2) is 0 Å². The van der Waals surface area contributed by atoms with Crippen LogP contribution in [0.15, 0.2) is 0 Å². The summed E-state index contributed by atoms with van der Waals surface area (Å²) in [5.41, 5.74) is 0. The zero-order valence-corrected chi connectivity index (χ0v) is 13.1. The minimum absolute atomic E-state index is 0.214. The Balaban J connectivity index is 1.89. The first-order chi connectivity index (χ1) is 9.47. The van der Waals surface area contributed by atoms with Crippen molar-refractivity contribution in [2.24, 2.45) is 5.92 Å². The number of sulfonamides is 1. The Labute approximate surface area is 122 Å². The maximum Gasteiger partial charge on any atom is 0.225 e. The van der Waals surface area contributed by atoms with Crippen LogP contribution in [0.2, 0.25) is 0 Å². The summed E-state index contributed by atoms with van der Waals surface area (Å²) >= 11 is 0. The second kappa shape index (κ2) is 6.89. The van der Waals surface area contributed by atoms with Crippen molar-refractivity contribution in [1.29, 1.82) is 0 Å². The van der Waals surface area contributed by atoms with E-state index >= 15 is 0 Å². The molecule has 1 saturated heterocycles. The topological polar surface area (TPSA) is 66.5 Å². The molecule has 2 fully saturated rings. The normalized spacial score (nSPS) is 25.1. The molecule has 1 atom stereocenters. The molecule has 1 aliphatic carbocycles. The number of nitrogens with one attached hydrogen (secondary N) is 1. The maximum atomic E-state index is 12.6. The molecule has 1 aliphatic heterocycles. The minimum atomic E-state index is -3.13. The molecule has 1 amide bonds. The molecule has 0 aromatic rings. The van der Waals surface area contributed by atoms with Gasteiger partial charge < -0.3 is 4.90 Å². The van der Waals surface area contributed by atoms with E-state index in [1.54, 1.807) is 0 Å². The highest BCUT2D eigenvalue weighted by Gasteiger charge is 2.32. The molecule has 0 bridgehead atoms. The van der Waals surface area contributed by atoms with Gasteiger partial charge in [-0.25, -0.2) is 13.1 Å². The van der Waals surface area contributed by atoms with Gasteiger partial charge in [-0.1, -0.05) is 12.8 Å². The SMILES string of the molecule is CS(=O)(=O)NCCC1CCCCN1C(=O)C1CCCC1. The summed E-state index contributed by atoms with van der Waals surface area (Å²) < 4.78 is 24.7. The molecular weight excluding hydrogens is 276 g/mol. The monoisotopic (exact) mass is 302 g/mol.